The first-order valence-electron chi connectivity index (χ1n) is 7.66. The standard InChI is InChI=1S/C18H20N2O/c21-20-16-12-10-15(11-13-16)19-18-9-5-4-8-17(18)14-6-2-1-3-7-14/h4-5,8-14,19H,1-3,6-7H2. The smallest absolute Gasteiger partial charge is 0.108 e. The van der Waals surface area contributed by atoms with E-state index in [0.717, 1.165) is 5.69 Å². The van der Waals surface area contributed by atoms with E-state index in [0.29, 0.717) is 11.6 Å². The number of hydrogen-bond acceptors (Lipinski definition) is 3. The van der Waals surface area contributed by atoms with E-state index < -0.39 is 0 Å². The second-order valence-electron chi connectivity index (χ2n) is 5.69. The van der Waals surface area contributed by atoms with Gasteiger partial charge in [0, 0.05) is 11.4 Å². The van der Waals surface area contributed by atoms with Crippen molar-refractivity contribution in [1.82, 2.24) is 0 Å². The van der Waals surface area contributed by atoms with E-state index in [-0.39, 0.29) is 0 Å². The fraction of sp³-hybridized carbons (Fsp3) is 0.333. The molecule has 0 unspecified atom stereocenters. The Morgan fingerprint density at radius 3 is 2.33 bits per heavy atom. The summed E-state index contributed by atoms with van der Waals surface area (Å²) in [5.74, 6) is 0.665. The quantitative estimate of drug-likeness (QED) is 0.711. The van der Waals surface area contributed by atoms with Gasteiger partial charge in [0.1, 0.15) is 5.69 Å². The van der Waals surface area contributed by atoms with Gasteiger partial charge in [0.25, 0.3) is 0 Å². The van der Waals surface area contributed by atoms with Gasteiger partial charge in [0.2, 0.25) is 0 Å². The van der Waals surface area contributed by atoms with Crippen LogP contribution in [-0.2, 0) is 0 Å². The summed E-state index contributed by atoms with van der Waals surface area (Å²) in [5.41, 5.74) is 4.04. The molecule has 21 heavy (non-hydrogen) atoms. The lowest BCUT2D eigenvalue weighted by Gasteiger charge is -2.24. The summed E-state index contributed by atoms with van der Waals surface area (Å²) < 4.78 is 0. The highest BCUT2D eigenvalue weighted by atomic mass is 16.3. The first-order valence-corrected chi connectivity index (χ1v) is 7.66. The average Bonchev–Trinajstić information content (AvgIpc) is 2.57. The van der Waals surface area contributed by atoms with E-state index in [1.807, 2.05) is 12.1 Å². The summed E-state index contributed by atoms with van der Waals surface area (Å²) in [6, 6.07) is 15.8. The third-order valence-corrected chi connectivity index (χ3v) is 4.26. The molecular formula is C18H20N2O. The van der Waals surface area contributed by atoms with Gasteiger partial charge in [-0.1, -0.05) is 37.5 Å². The molecule has 1 fully saturated rings. The van der Waals surface area contributed by atoms with Crippen LogP contribution in [0.5, 0.6) is 0 Å². The lowest BCUT2D eigenvalue weighted by Crippen LogP contribution is -2.07. The first kappa shape index (κ1) is 13.8. The van der Waals surface area contributed by atoms with Crippen molar-refractivity contribution in [1.29, 1.82) is 0 Å². The Balaban J connectivity index is 1.82. The van der Waals surface area contributed by atoms with E-state index in [1.165, 1.54) is 43.4 Å². The highest BCUT2D eigenvalue weighted by Crippen LogP contribution is 2.37. The zero-order valence-electron chi connectivity index (χ0n) is 12.1. The van der Waals surface area contributed by atoms with Gasteiger partial charge in [-0.3, -0.25) is 0 Å². The maximum absolute atomic E-state index is 10.5. The number of nitrogens with one attached hydrogen (secondary N) is 1. The zero-order chi connectivity index (χ0) is 14.5. The third-order valence-electron chi connectivity index (χ3n) is 4.26. The van der Waals surface area contributed by atoms with Crippen molar-refractivity contribution in [2.45, 2.75) is 38.0 Å². The zero-order valence-corrected chi connectivity index (χ0v) is 12.1. The molecule has 0 heterocycles. The van der Waals surface area contributed by atoms with Gasteiger partial charge in [0.15, 0.2) is 0 Å². The summed E-state index contributed by atoms with van der Waals surface area (Å²) in [5, 5.41) is 6.41. The molecule has 0 spiro atoms. The molecule has 1 aliphatic carbocycles. The molecule has 3 rings (SSSR count). The van der Waals surface area contributed by atoms with E-state index >= 15 is 0 Å². The predicted octanol–water partition coefficient (Wildman–Crippen LogP) is 5.88. The molecule has 1 N–H and O–H groups in total. The number of hydrogen-bond donors (Lipinski definition) is 1. The van der Waals surface area contributed by atoms with Crippen LogP contribution in [-0.4, -0.2) is 0 Å². The lowest BCUT2D eigenvalue weighted by atomic mass is 9.83. The van der Waals surface area contributed by atoms with Crippen LogP contribution in [0.15, 0.2) is 53.7 Å². The molecule has 0 radical (unpaired) electrons. The number of para-hydroxylation sites is 1. The maximum atomic E-state index is 10.5. The van der Waals surface area contributed by atoms with Crippen molar-refractivity contribution in [2.24, 2.45) is 5.18 Å². The molecule has 1 aliphatic rings. The van der Waals surface area contributed by atoms with Crippen molar-refractivity contribution in [3.05, 3.63) is 59.0 Å². The topological polar surface area (TPSA) is 41.5 Å². The molecule has 0 bridgehead atoms. The third kappa shape index (κ3) is 3.30. The Morgan fingerprint density at radius 2 is 1.62 bits per heavy atom. The highest BCUT2D eigenvalue weighted by molar-refractivity contribution is 5.65. The van der Waals surface area contributed by atoms with Crippen molar-refractivity contribution in [3.63, 3.8) is 0 Å². The van der Waals surface area contributed by atoms with Crippen LogP contribution in [0.1, 0.15) is 43.6 Å². The molecule has 2 aromatic rings. The van der Waals surface area contributed by atoms with Gasteiger partial charge in [-0.2, -0.15) is 0 Å². The van der Waals surface area contributed by atoms with Crippen LogP contribution < -0.4 is 5.32 Å². The molecule has 0 aromatic heterocycles. The summed E-state index contributed by atoms with van der Waals surface area (Å²) >= 11 is 0. The minimum Gasteiger partial charge on any atom is -0.355 e. The number of benzene rings is 2. The van der Waals surface area contributed by atoms with Crippen LogP contribution in [0.3, 0.4) is 0 Å². The first-order chi connectivity index (χ1) is 10.4. The van der Waals surface area contributed by atoms with Gasteiger partial charge in [0.05, 0.1) is 0 Å². The molecule has 3 heteroatoms. The second kappa shape index (κ2) is 6.53. The summed E-state index contributed by atoms with van der Waals surface area (Å²) in [6.07, 6.45) is 6.60. The van der Waals surface area contributed by atoms with Gasteiger partial charge >= 0.3 is 0 Å². The van der Waals surface area contributed by atoms with Crippen LogP contribution in [0.2, 0.25) is 0 Å². The van der Waals surface area contributed by atoms with E-state index in [2.05, 4.69) is 34.8 Å². The van der Waals surface area contributed by atoms with Crippen molar-refractivity contribution < 1.29 is 0 Å². The van der Waals surface area contributed by atoms with Crippen molar-refractivity contribution in [3.8, 4) is 0 Å². The Kier molecular flexibility index (Phi) is 4.29. The van der Waals surface area contributed by atoms with Crippen LogP contribution in [0, 0.1) is 4.91 Å². The second-order valence-corrected chi connectivity index (χ2v) is 5.69. The normalized spacial score (nSPS) is 15.6. The molecule has 0 amide bonds. The number of anilines is 2. The van der Waals surface area contributed by atoms with Crippen LogP contribution >= 0.6 is 0 Å². The highest BCUT2D eigenvalue weighted by Gasteiger charge is 2.18. The van der Waals surface area contributed by atoms with Gasteiger partial charge < -0.3 is 5.32 Å². The average molecular weight is 280 g/mol. The predicted molar refractivity (Wildman–Crippen MR) is 87.4 cm³/mol. The van der Waals surface area contributed by atoms with E-state index in [4.69, 9.17) is 0 Å². The Labute approximate surface area is 125 Å². The Bertz CT molecular complexity index is 601. The monoisotopic (exact) mass is 280 g/mol. The molecule has 0 saturated heterocycles. The summed E-state index contributed by atoms with van der Waals surface area (Å²) in [7, 11) is 0. The van der Waals surface area contributed by atoms with Crippen LogP contribution in [0.4, 0.5) is 17.1 Å². The summed E-state index contributed by atoms with van der Waals surface area (Å²) in [6.45, 7) is 0. The summed E-state index contributed by atoms with van der Waals surface area (Å²) in [4.78, 5) is 10.5. The largest absolute Gasteiger partial charge is 0.355 e. The van der Waals surface area contributed by atoms with Gasteiger partial charge in [-0.15, -0.1) is 4.91 Å². The van der Waals surface area contributed by atoms with Gasteiger partial charge in [-0.05, 0) is 59.8 Å². The molecule has 1 saturated carbocycles. The minimum absolute atomic E-state index is 0.459. The SMILES string of the molecule is O=Nc1ccc(Nc2ccccc2C2CCCCC2)cc1. The van der Waals surface area contributed by atoms with Crippen LogP contribution in [0.25, 0.3) is 0 Å². The minimum atomic E-state index is 0.459. The fourth-order valence-electron chi connectivity index (χ4n) is 3.14. The molecule has 108 valence electrons. The molecule has 0 aliphatic heterocycles. The van der Waals surface area contributed by atoms with E-state index in [9.17, 15) is 4.91 Å². The molecule has 3 nitrogen and oxygen atoms in total. The molecule has 0 atom stereocenters. The molecule has 2 aromatic carbocycles. The fourth-order valence-corrected chi connectivity index (χ4v) is 3.14. The maximum Gasteiger partial charge on any atom is 0.108 e. The number of rotatable bonds is 4. The van der Waals surface area contributed by atoms with Crippen molar-refractivity contribution in [2.75, 3.05) is 5.32 Å². The Hall–Kier alpha value is -2.16. The van der Waals surface area contributed by atoms with Crippen molar-refractivity contribution >= 4 is 17.1 Å². The number of nitroso groups, excluding NO2 is 1. The molecular weight excluding hydrogens is 260 g/mol. The lowest BCUT2D eigenvalue weighted by molar-refractivity contribution is 0.444. The Morgan fingerprint density at radius 1 is 0.905 bits per heavy atom. The van der Waals surface area contributed by atoms with Gasteiger partial charge in [-0.25, -0.2) is 0 Å². The number of nitrogens with zero attached hydrogens (tertiary/aromatic N) is 1. The van der Waals surface area contributed by atoms with E-state index in [1.54, 1.807) is 12.1 Å².